The zero-order valence-corrected chi connectivity index (χ0v) is 33.3. The third-order valence-electron chi connectivity index (χ3n) is 10.8. The summed E-state index contributed by atoms with van der Waals surface area (Å²) >= 11 is 0. The molecule has 0 saturated carbocycles. The van der Waals surface area contributed by atoms with Gasteiger partial charge in [-0.05, 0) is 0 Å². The maximum absolute atomic E-state index is 12.3. The molecule has 0 aliphatic carbocycles. The van der Waals surface area contributed by atoms with Gasteiger partial charge in [0.2, 0.25) is 11.8 Å². The van der Waals surface area contributed by atoms with Gasteiger partial charge in [0, 0.05) is 13.8 Å². The fourth-order valence-corrected chi connectivity index (χ4v) is 7.42. The van der Waals surface area contributed by atoms with Crippen molar-refractivity contribution in [1.29, 1.82) is 0 Å². The number of rotatable bonds is 19. The highest BCUT2D eigenvalue weighted by Crippen LogP contribution is 2.33. The second-order valence-electron chi connectivity index (χ2n) is 15.2. The Labute approximate surface area is 352 Å². The minimum absolute atomic E-state index is 0.817. The lowest BCUT2D eigenvalue weighted by molar-refractivity contribution is -0.360. The zero-order valence-electron chi connectivity index (χ0n) is 33.3. The number of nitrogens with one attached hydrogen (secondary N) is 2. The lowest BCUT2D eigenvalue weighted by Gasteiger charge is -2.48. The van der Waals surface area contributed by atoms with Crippen molar-refractivity contribution in [3.63, 3.8) is 0 Å². The minimum Gasteiger partial charge on any atom is -0.394 e. The molecule has 0 unspecified atom stereocenters. The van der Waals surface area contributed by atoms with Gasteiger partial charge in [-0.15, -0.1) is 0 Å². The summed E-state index contributed by atoms with van der Waals surface area (Å²) in [7, 11) is 0. The summed E-state index contributed by atoms with van der Waals surface area (Å²) in [6.45, 7) is -3.98. The van der Waals surface area contributed by atoms with Gasteiger partial charge in [0.15, 0.2) is 25.2 Å². The summed E-state index contributed by atoms with van der Waals surface area (Å²) in [5, 5.41) is 172. The molecule has 0 spiro atoms. The molecule has 28 heteroatoms. The normalized spacial score (nSPS) is 43.6. The van der Waals surface area contributed by atoms with Crippen molar-refractivity contribution in [3.8, 4) is 0 Å². The van der Waals surface area contributed by atoms with Gasteiger partial charge in [-0.1, -0.05) is 0 Å². The van der Waals surface area contributed by atoms with E-state index in [9.17, 15) is 91.3 Å². The molecule has 362 valence electrons. The summed E-state index contributed by atoms with van der Waals surface area (Å²) in [6, 6.07) is -3.45. The lowest BCUT2D eigenvalue weighted by atomic mass is 9.94. The van der Waals surface area contributed by atoms with Gasteiger partial charge >= 0.3 is 0 Å². The molecule has 4 saturated heterocycles. The van der Waals surface area contributed by atoms with Crippen LogP contribution in [0.4, 0.5) is 0 Å². The van der Waals surface area contributed by atoms with Crippen LogP contribution < -0.4 is 10.6 Å². The Balaban J connectivity index is 1.57. The van der Waals surface area contributed by atoms with Gasteiger partial charge in [-0.2, -0.15) is 0 Å². The van der Waals surface area contributed by atoms with E-state index in [-0.39, 0.29) is 0 Å². The average molecular weight is 913 g/mol. The molecule has 2 amide bonds. The van der Waals surface area contributed by atoms with Crippen molar-refractivity contribution in [3.05, 3.63) is 0 Å². The van der Waals surface area contributed by atoms with Gasteiger partial charge in [0.25, 0.3) is 0 Å². The molecule has 4 aliphatic rings. The van der Waals surface area contributed by atoms with Crippen molar-refractivity contribution in [1.82, 2.24) is 10.6 Å². The van der Waals surface area contributed by atoms with E-state index < -0.39 is 199 Å². The molecule has 62 heavy (non-hydrogen) atoms. The van der Waals surface area contributed by atoms with E-state index in [2.05, 4.69) is 10.6 Å². The largest absolute Gasteiger partial charge is 0.394 e. The molecule has 4 fully saturated rings. The van der Waals surface area contributed by atoms with Crippen LogP contribution in [0.1, 0.15) is 13.8 Å². The van der Waals surface area contributed by atoms with Gasteiger partial charge in [0.1, 0.15) is 122 Å². The number of hydrogen-bond acceptors (Lipinski definition) is 26. The van der Waals surface area contributed by atoms with Crippen molar-refractivity contribution < 1.29 is 129 Å². The smallest absolute Gasteiger partial charge is 0.217 e. The molecule has 4 rings (SSSR count). The Bertz CT molecular complexity index is 1390. The average Bonchev–Trinajstić information content (AvgIpc) is 3.24. The van der Waals surface area contributed by atoms with Crippen LogP contribution in [0.5, 0.6) is 0 Å². The van der Waals surface area contributed by atoms with Gasteiger partial charge in [-0.25, -0.2) is 0 Å². The second kappa shape index (κ2) is 23.4. The first-order chi connectivity index (χ1) is 29.3. The van der Waals surface area contributed by atoms with Crippen LogP contribution in [0.3, 0.4) is 0 Å². The molecule has 24 atom stereocenters. The Morgan fingerprint density at radius 3 is 1.21 bits per heavy atom. The Morgan fingerprint density at radius 1 is 0.500 bits per heavy atom. The van der Waals surface area contributed by atoms with Gasteiger partial charge in [0.05, 0.1) is 39.6 Å². The van der Waals surface area contributed by atoms with Crippen LogP contribution in [-0.2, 0) is 47.5 Å². The molecule has 0 aromatic heterocycles. The predicted molar refractivity (Wildman–Crippen MR) is 192 cm³/mol. The topological polar surface area (TPSA) is 456 Å². The van der Waals surface area contributed by atoms with E-state index in [1.165, 1.54) is 0 Å². The Hall–Kier alpha value is -2.02. The molecule has 0 radical (unpaired) electrons. The van der Waals surface area contributed by atoms with Gasteiger partial charge in [-0.3, -0.25) is 9.59 Å². The first-order valence-corrected chi connectivity index (χ1v) is 19.5. The predicted octanol–water partition coefficient (Wildman–Crippen LogP) is -12.0. The zero-order chi connectivity index (χ0) is 46.3. The van der Waals surface area contributed by atoms with Crippen LogP contribution in [0.15, 0.2) is 0 Å². The van der Waals surface area contributed by atoms with E-state index >= 15 is 0 Å². The summed E-state index contributed by atoms with van der Waals surface area (Å²) in [5.41, 5.74) is 0. The summed E-state index contributed by atoms with van der Waals surface area (Å²) in [6.07, 6.45) is -41.0. The van der Waals surface area contributed by atoms with E-state index in [1.54, 1.807) is 0 Å². The minimum atomic E-state index is -2.27. The lowest BCUT2D eigenvalue weighted by Crippen LogP contribution is -2.69. The molecule has 0 aromatic rings. The van der Waals surface area contributed by atoms with E-state index in [0.29, 0.717) is 0 Å². The summed E-state index contributed by atoms with van der Waals surface area (Å²) in [5.74, 6) is -1.65. The molecule has 0 aromatic carbocycles. The molecule has 4 heterocycles. The number of aliphatic hydroxyl groups is 16. The third-order valence-corrected chi connectivity index (χ3v) is 10.8. The monoisotopic (exact) mass is 912 g/mol. The van der Waals surface area contributed by atoms with Crippen LogP contribution in [0, 0.1) is 0 Å². The second-order valence-corrected chi connectivity index (χ2v) is 15.2. The summed E-state index contributed by atoms with van der Waals surface area (Å²) < 4.78 is 45.0. The first-order valence-electron chi connectivity index (χ1n) is 19.5. The first kappa shape index (κ1) is 52.6. The highest BCUT2D eigenvalue weighted by atomic mass is 16.8. The molecule has 4 aliphatic heterocycles. The maximum Gasteiger partial charge on any atom is 0.217 e. The quantitative estimate of drug-likeness (QED) is 0.0572. The summed E-state index contributed by atoms with van der Waals surface area (Å²) in [4.78, 5) is 24.6. The molecular weight excluding hydrogens is 852 g/mol. The Morgan fingerprint density at radius 2 is 0.871 bits per heavy atom. The molecule has 18 N–H and O–H groups in total. The maximum atomic E-state index is 12.3. The standard InChI is InChI=1S/C34H60N2O26/c1-9(43)35-17-22(49)29(61-33-26(53)24(51)19(46)12(4-38)56-33)15(7-41)58-31(17)55-14(6-40)21(48)28(11(45)3-37)60-32-18(36-10(2)44)23(50)30(16(8-42)59-32)62-34-27(54)25(52)20(47)13(5-39)57-34/h11-34,37-42,45-54H,3-8H2,1-2H3,(H,35,43)(H,36,44)/t11-,12-,13-,14-,15-,16-,17-,18-,19+,20+,21-,22-,23-,24+,25+,26-,27-,28-,29-,30-,31-,32+,33+,34+/m1/s1. The molecular formula is C34H60N2O26. The fourth-order valence-electron chi connectivity index (χ4n) is 7.42. The number of ether oxygens (including phenoxy) is 8. The van der Waals surface area contributed by atoms with Crippen molar-refractivity contribution >= 4 is 11.8 Å². The van der Waals surface area contributed by atoms with E-state index in [4.69, 9.17) is 37.9 Å². The van der Waals surface area contributed by atoms with E-state index in [1.807, 2.05) is 0 Å². The van der Waals surface area contributed by atoms with Crippen LogP contribution in [0.2, 0.25) is 0 Å². The van der Waals surface area contributed by atoms with Gasteiger partial charge < -0.3 is 130 Å². The van der Waals surface area contributed by atoms with E-state index in [0.717, 1.165) is 13.8 Å². The highest BCUT2D eigenvalue weighted by molar-refractivity contribution is 5.73. The third kappa shape index (κ3) is 11.9. The molecule has 0 bridgehead atoms. The molecule has 28 nitrogen and oxygen atoms in total. The van der Waals surface area contributed by atoms with Crippen molar-refractivity contribution in [2.24, 2.45) is 0 Å². The Kier molecular flexibility index (Phi) is 19.9. The number of hydrogen-bond donors (Lipinski definition) is 18. The number of carbonyl (C=O) groups excluding carboxylic acids is 2. The van der Waals surface area contributed by atoms with Crippen LogP contribution in [-0.4, -0.2) is 280 Å². The number of amides is 2. The van der Waals surface area contributed by atoms with Crippen molar-refractivity contribution in [2.45, 2.75) is 161 Å². The number of carbonyl (C=O) groups is 2. The van der Waals surface area contributed by atoms with Crippen molar-refractivity contribution in [2.75, 3.05) is 39.6 Å². The SMILES string of the molecule is CC(=O)N[C@H]1[C@H](O[C@@H]([C@H](O)[C@@H](CO)O[C@@H]2O[C@H](CO)[C@@H](O[C@@H]3O[C@H](CO)[C@H](O)[C@H](O)[C@H]3O)[C@H](O)[C@H]2NC(C)=O)[C@H](O)CO)O[C@H](CO)[C@@H](O[C@@H]2O[C@H](CO)[C@H](O)[C@H](O)[C@H]2O)[C@@H]1O. The van der Waals surface area contributed by atoms with Crippen LogP contribution in [0.25, 0.3) is 0 Å². The van der Waals surface area contributed by atoms with Crippen LogP contribution >= 0.6 is 0 Å². The number of aliphatic hydroxyl groups excluding tert-OH is 16. The fraction of sp³-hybridized carbons (Fsp3) is 0.941. The highest BCUT2D eigenvalue weighted by Gasteiger charge is 2.55.